The maximum absolute atomic E-state index is 13.0. The van der Waals surface area contributed by atoms with E-state index in [0.717, 1.165) is 18.4 Å². The van der Waals surface area contributed by atoms with E-state index in [1.54, 1.807) is 29.0 Å². The fourth-order valence-electron chi connectivity index (χ4n) is 3.89. The van der Waals surface area contributed by atoms with Crippen molar-refractivity contribution in [1.29, 1.82) is 0 Å². The normalized spacial score (nSPS) is 22.8. The van der Waals surface area contributed by atoms with Crippen LogP contribution in [0.4, 0.5) is 5.69 Å². The van der Waals surface area contributed by atoms with Crippen molar-refractivity contribution >= 4 is 17.6 Å². The monoisotopic (exact) mass is 376 g/mol. The number of hydrogen-bond donors (Lipinski definition) is 1. The van der Waals surface area contributed by atoms with E-state index in [0.29, 0.717) is 18.5 Å². The summed E-state index contributed by atoms with van der Waals surface area (Å²) in [5, 5.41) is 18.9. The third-order valence-electron chi connectivity index (χ3n) is 5.39. The molecule has 1 aromatic carbocycles. The third-order valence-corrected chi connectivity index (χ3v) is 5.39. The molecule has 4 rings (SSSR count). The zero-order valence-electron chi connectivity index (χ0n) is 15.6. The first-order chi connectivity index (χ1) is 12.5. The molecule has 27 heavy (non-hydrogen) atoms. The average molecular weight is 376 g/mol. The Bertz CT molecular complexity index is 834. The molecular formula is C19H21N4NaO3. The Morgan fingerprint density at radius 2 is 1.85 bits per heavy atom. The number of amides is 1. The minimum atomic E-state index is -1.16. The van der Waals surface area contributed by atoms with Crippen LogP contribution in [0.25, 0.3) is 0 Å². The Morgan fingerprint density at radius 3 is 2.41 bits per heavy atom. The number of anilines is 1. The van der Waals surface area contributed by atoms with Crippen molar-refractivity contribution < 1.29 is 44.3 Å². The molecule has 8 heteroatoms. The van der Waals surface area contributed by atoms with Gasteiger partial charge < -0.3 is 20.1 Å². The van der Waals surface area contributed by atoms with Gasteiger partial charge in [-0.2, -0.15) is 5.10 Å². The molecule has 2 unspecified atom stereocenters. The molecular weight excluding hydrogens is 355 g/mol. The molecule has 2 atom stereocenters. The Hall–Kier alpha value is -1.83. The topological polar surface area (TPSA) is 90.3 Å². The number of carbonyl (C=O) groups is 2. The molecule has 1 saturated carbocycles. The van der Waals surface area contributed by atoms with Gasteiger partial charge in [0.1, 0.15) is 6.04 Å². The third kappa shape index (κ3) is 3.77. The standard InChI is InChI=1S/C19H22N4O3.Na/c1-22-12-14(11-20-22)23-15(7-8-16(23)18(25)26)17(24)21-19(9-10-19)13-5-3-2-4-6-13;/h2-6,11-12,15-16H,7-10H2,1H3,(H,21,24)(H,25,26);/q;+1/p-1. The van der Waals surface area contributed by atoms with E-state index in [9.17, 15) is 14.7 Å². The molecule has 1 N–H and O–H groups in total. The Morgan fingerprint density at radius 1 is 1.19 bits per heavy atom. The van der Waals surface area contributed by atoms with Crippen LogP contribution in [0.3, 0.4) is 0 Å². The maximum Gasteiger partial charge on any atom is 1.00 e. The van der Waals surface area contributed by atoms with Crippen molar-refractivity contribution in [3.63, 3.8) is 0 Å². The molecule has 2 heterocycles. The second-order valence-electron chi connectivity index (χ2n) is 7.14. The summed E-state index contributed by atoms with van der Waals surface area (Å²) < 4.78 is 1.60. The number of carboxylic acids is 1. The van der Waals surface area contributed by atoms with E-state index >= 15 is 0 Å². The number of carboxylic acid groups (broad SMARTS) is 1. The van der Waals surface area contributed by atoms with E-state index < -0.39 is 18.1 Å². The van der Waals surface area contributed by atoms with Crippen molar-refractivity contribution in [2.24, 2.45) is 7.05 Å². The van der Waals surface area contributed by atoms with Crippen LogP contribution in [0.1, 0.15) is 31.2 Å². The average Bonchev–Trinajstić information content (AvgIpc) is 3.06. The van der Waals surface area contributed by atoms with Gasteiger partial charge in [-0.15, -0.1) is 0 Å². The molecule has 1 aliphatic heterocycles. The molecule has 0 bridgehead atoms. The van der Waals surface area contributed by atoms with Crippen LogP contribution in [-0.4, -0.2) is 33.7 Å². The second-order valence-corrected chi connectivity index (χ2v) is 7.14. The summed E-state index contributed by atoms with van der Waals surface area (Å²) in [7, 11) is 1.76. The summed E-state index contributed by atoms with van der Waals surface area (Å²) in [6.45, 7) is 0. The second kappa shape index (κ2) is 7.66. The minimum Gasteiger partial charge on any atom is -0.548 e. The molecule has 1 saturated heterocycles. The van der Waals surface area contributed by atoms with Crippen LogP contribution >= 0.6 is 0 Å². The predicted octanol–water partition coefficient (Wildman–Crippen LogP) is -2.68. The molecule has 2 aromatic rings. The molecule has 0 spiro atoms. The van der Waals surface area contributed by atoms with Crippen molar-refractivity contribution in [3.05, 3.63) is 48.3 Å². The van der Waals surface area contributed by atoms with E-state index in [4.69, 9.17) is 0 Å². The zero-order valence-corrected chi connectivity index (χ0v) is 17.6. The summed E-state index contributed by atoms with van der Waals surface area (Å²) >= 11 is 0. The molecule has 2 aliphatic rings. The summed E-state index contributed by atoms with van der Waals surface area (Å²) in [6.07, 6.45) is 5.97. The predicted molar refractivity (Wildman–Crippen MR) is 93.0 cm³/mol. The summed E-state index contributed by atoms with van der Waals surface area (Å²) in [5.74, 6) is -1.30. The SMILES string of the molecule is Cn1cc(N2C(C(=O)[O-])CCC2C(=O)NC2(c3ccccc3)CC2)cn1.[Na+]. The van der Waals surface area contributed by atoms with Gasteiger partial charge in [0.15, 0.2) is 0 Å². The van der Waals surface area contributed by atoms with Gasteiger partial charge in [0.25, 0.3) is 0 Å². The Kier molecular flexibility index (Phi) is 5.65. The molecule has 2 fully saturated rings. The van der Waals surface area contributed by atoms with Gasteiger partial charge in [0, 0.05) is 13.2 Å². The summed E-state index contributed by atoms with van der Waals surface area (Å²) in [5.41, 5.74) is 1.40. The largest absolute Gasteiger partial charge is 1.00 e. The van der Waals surface area contributed by atoms with E-state index in [1.165, 1.54) is 0 Å². The number of rotatable bonds is 5. The fraction of sp³-hybridized carbons (Fsp3) is 0.421. The molecule has 1 aromatic heterocycles. The van der Waals surface area contributed by atoms with Crippen LogP contribution in [-0.2, 0) is 22.2 Å². The van der Waals surface area contributed by atoms with Crippen molar-refractivity contribution in [2.75, 3.05) is 4.90 Å². The number of aliphatic carboxylic acids is 1. The first-order valence-electron chi connectivity index (χ1n) is 8.85. The minimum absolute atomic E-state index is 0. The smallest absolute Gasteiger partial charge is 0.548 e. The number of nitrogens with zero attached hydrogens (tertiary/aromatic N) is 3. The van der Waals surface area contributed by atoms with Crippen LogP contribution < -0.4 is 44.9 Å². The quantitative estimate of drug-likeness (QED) is 0.575. The van der Waals surface area contributed by atoms with Crippen LogP contribution in [0.5, 0.6) is 0 Å². The molecule has 7 nitrogen and oxygen atoms in total. The van der Waals surface area contributed by atoms with Crippen molar-refractivity contribution in [3.8, 4) is 0 Å². The van der Waals surface area contributed by atoms with Crippen LogP contribution in [0, 0.1) is 0 Å². The summed E-state index contributed by atoms with van der Waals surface area (Å²) in [4.78, 5) is 26.2. The Balaban J connectivity index is 0.00000210. The van der Waals surface area contributed by atoms with Gasteiger partial charge in [-0.05, 0) is 31.2 Å². The number of benzene rings is 1. The maximum atomic E-state index is 13.0. The van der Waals surface area contributed by atoms with Crippen molar-refractivity contribution in [1.82, 2.24) is 15.1 Å². The van der Waals surface area contributed by atoms with Crippen molar-refractivity contribution in [2.45, 2.75) is 43.3 Å². The first-order valence-corrected chi connectivity index (χ1v) is 8.85. The Labute approximate surface area is 180 Å². The number of nitrogens with one attached hydrogen (secondary N) is 1. The van der Waals surface area contributed by atoms with Gasteiger partial charge >= 0.3 is 29.6 Å². The molecule has 1 aliphatic carbocycles. The number of aromatic nitrogens is 2. The van der Waals surface area contributed by atoms with Gasteiger partial charge in [0.05, 0.1) is 29.4 Å². The van der Waals surface area contributed by atoms with E-state index in [-0.39, 0.29) is 41.0 Å². The van der Waals surface area contributed by atoms with Gasteiger partial charge in [-0.1, -0.05) is 30.3 Å². The number of aryl methyl sites for hydroxylation is 1. The molecule has 136 valence electrons. The zero-order chi connectivity index (χ0) is 18.3. The van der Waals surface area contributed by atoms with Gasteiger partial charge in [-0.25, -0.2) is 0 Å². The van der Waals surface area contributed by atoms with E-state index in [2.05, 4.69) is 10.4 Å². The van der Waals surface area contributed by atoms with Gasteiger partial charge in [0.2, 0.25) is 5.91 Å². The molecule has 1 amide bonds. The van der Waals surface area contributed by atoms with Crippen LogP contribution in [0.15, 0.2) is 42.7 Å². The van der Waals surface area contributed by atoms with Gasteiger partial charge in [-0.3, -0.25) is 9.48 Å². The molecule has 0 radical (unpaired) electrons. The fourth-order valence-corrected chi connectivity index (χ4v) is 3.89. The number of carbonyl (C=O) groups excluding carboxylic acids is 2. The van der Waals surface area contributed by atoms with E-state index in [1.807, 2.05) is 30.3 Å². The number of hydrogen-bond acceptors (Lipinski definition) is 5. The van der Waals surface area contributed by atoms with Crippen LogP contribution in [0.2, 0.25) is 0 Å². The first kappa shape index (κ1) is 19.9. The summed E-state index contributed by atoms with van der Waals surface area (Å²) in [6, 6.07) is 8.56.